The smallest absolute Gasteiger partial charge is 0.333 e. The van der Waals surface area contributed by atoms with Gasteiger partial charge >= 0.3 is 6.85 Å². The lowest BCUT2D eigenvalue weighted by Crippen LogP contribution is -2.50. The van der Waals surface area contributed by atoms with Gasteiger partial charge in [-0.25, -0.2) is 0 Å². The third kappa shape index (κ3) is 6.54. The van der Waals surface area contributed by atoms with Crippen LogP contribution in [-0.4, -0.2) is 15.9 Å². The molecule has 2 aromatic heterocycles. The van der Waals surface area contributed by atoms with Gasteiger partial charge < -0.3 is 13.9 Å². The third-order valence-electron chi connectivity index (χ3n) is 16.8. The molecule has 0 radical (unpaired) electrons. The van der Waals surface area contributed by atoms with Crippen molar-refractivity contribution in [1.82, 2.24) is 9.05 Å². The first-order valence-corrected chi connectivity index (χ1v) is 26.3. The van der Waals surface area contributed by atoms with Crippen molar-refractivity contribution in [3.05, 3.63) is 172 Å². The van der Waals surface area contributed by atoms with Crippen LogP contribution in [0.15, 0.2) is 133 Å². The second-order valence-electron chi connectivity index (χ2n) is 27.2. The molecule has 0 atom stereocenters. The van der Waals surface area contributed by atoms with Crippen LogP contribution < -0.4 is 10.4 Å². The standard InChI is InChI=1S/C67H72BN3/c1-62(2,3)39-23-27-45(28-24-39)70-55-38-43(66(13,14)15)35-46-47-36-42(65(10,11)12)37-50-57-54(32-31-53-56(57)49-34-41(64(7,8)9)26-30-52(49)69(53)44-21-19-18-20-22-44)71(60(47)50)68(58(46)55)59-48-33-40(63(4,5)6)25-29-51(48)67(16,17)61(59)70/h18-38H,1-17H3. The van der Waals surface area contributed by atoms with E-state index < -0.39 is 0 Å². The fourth-order valence-electron chi connectivity index (χ4n) is 12.7. The number of fused-ring (bicyclic) bond motifs is 12. The van der Waals surface area contributed by atoms with Gasteiger partial charge in [-0.1, -0.05) is 178 Å². The monoisotopic (exact) mass is 930 g/mol. The lowest BCUT2D eigenvalue weighted by Gasteiger charge is -2.44. The molecule has 71 heavy (non-hydrogen) atoms. The summed E-state index contributed by atoms with van der Waals surface area (Å²) in [6.07, 6.45) is 0. The molecule has 7 aromatic carbocycles. The highest BCUT2D eigenvalue weighted by Crippen LogP contribution is 2.58. The van der Waals surface area contributed by atoms with Gasteiger partial charge in [0.25, 0.3) is 0 Å². The van der Waals surface area contributed by atoms with Crippen molar-refractivity contribution in [2.75, 3.05) is 4.90 Å². The molecule has 4 heteroatoms. The van der Waals surface area contributed by atoms with Crippen molar-refractivity contribution >= 4 is 72.8 Å². The van der Waals surface area contributed by atoms with E-state index in [0.29, 0.717) is 0 Å². The molecule has 358 valence electrons. The summed E-state index contributed by atoms with van der Waals surface area (Å²) in [5.74, 6) is 0. The van der Waals surface area contributed by atoms with Gasteiger partial charge in [0.1, 0.15) is 0 Å². The van der Waals surface area contributed by atoms with E-state index in [1.54, 1.807) is 0 Å². The predicted octanol–water partition coefficient (Wildman–Crippen LogP) is 17.5. The molecule has 3 nitrogen and oxygen atoms in total. The van der Waals surface area contributed by atoms with Crippen LogP contribution in [0.4, 0.5) is 11.4 Å². The number of anilines is 2. The quantitative estimate of drug-likeness (QED) is 0.157. The molecular weight excluding hydrogens is 858 g/mol. The maximum Gasteiger partial charge on any atom is 0.333 e. The van der Waals surface area contributed by atoms with E-state index in [2.05, 4.69) is 259 Å². The molecule has 2 aliphatic heterocycles. The van der Waals surface area contributed by atoms with Gasteiger partial charge in [0.05, 0.1) is 11.0 Å². The number of hydrogen-bond acceptors (Lipinski definition) is 1. The fourth-order valence-corrected chi connectivity index (χ4v) is 12.7. The number of aromatic nitrogens is 2. The van der Waals surface area contributed by atoms with Gasteiger partial charge in [0, 0.05) is 66.3 Å². The highest BCUT2D eigenvalue weighted by Gasteiger charge is 2.53. The van der Waals surface area contributed by atoms with Crippen molar-refractivity contribution in [3.63, 3.8) is 0 Å². The molecule has 0 bridgehead atoms. The topological polar surface area (TPSA) is 13.1 Å². The summed E-state index contributed by atoms with van der Waals surface area (Å²) in [4.78, 5) is 2.71. The van der Waals surface area contributed by atoms with Crippen molar-refractivity contribution in [2.24, 2.45) is 0 Å². The first kappa shape index (κ1) is 45.9. The van der Waals surface area contributed by atoms with Crippen molar-refractivity contribution in [1.29, 1.82) is 0 Å². The van der Waals surface area contributed by atoms with Crippen LogP contribution in [0.25, 0.3) is 65.9 Å². The lowest BCUT2D eigenvalue weighted by molar-refractivity contribution is 0.586. The Morgan fingerprint density at radius 1 is 0.423 bits per heavy atom. The van der Waals surface area contributed by atoms with E-state index in [4.69, 9.17) is 0 Å². The van der Waals surface area contributed by atoms with Crippen molar-refractivity contribution in [3.8, 4) is 16.8 Å². The summed E-state index contributed by atoms with van der Waals surface area (Å²) < 4.78 is 5.35. The zero-order chi connectivity index (χ0) is 50.4. The largest absolute Gasteiger partial charge is 0.375 e. The van der Waals surface area contributed by atoms with Gasteiger partial charge in [0.2, 0.25) is 0 Å². The summed E-state index contributed by atoms with van der Waals surface area (Å²) in [6.45, 7) is 40.4. The minimum absolute atomic E-state index is 0.0198. The summed E-state index contributed by atoms with van der Waals surface area (Å²) in [5, 5.41) is 5.34. The molecule has 0 amide bonds. The molecular formula is C67H72BN3. The van der Waals surface area contributed by atoms with Crippen LogP contribution in [0.1, 0.15) is 157 Å². The molecule has 1 aliphatic carbocycles. The van der Waals surface area contributed by atoms with Crippen LogP contribution in [0.3, 0.4) is 0 Å². The van der Waals surface area contributed by atoms with E-state index in [1.165, 1.54) is 127 Å². The molecule has 0 unspecified atom stereocenters. The molecule has 4 heterocycles. The number of allylic oxidation sites excluding steroid dienone is 1. The van der Waals surface area contributed by atoms with Crippen LogP contribution in [0, 0.1) is 0 Å². The van der Waals surface area contributed by atoms with E-state index in [0.717, 1.165) is 0 Å². The van der Waals surface area contributed by atoms with E-state index in [1.807, 2.05) is 0 Å². The molecule has 0 saturated heterocycles. The normalized spacial score (nSPS) is 15.7. The molecule has 9 aromatic rings. The third-order valence-corrected chi connectivity index (χ3v) is 16.8. The Morgan fingerprint density at radius 3 is 1.56 bits per heavy atom. The molecule has 0 spiro atoms. The van der Waals surface area contributed by atoms with Crippen LogP contribution in [0.5, 0.6) is 0 Å². The zero-order valence-corrected chi connectivity index (χ0v) is 45.5. The van der Waals surface area contributed by atoms with Crippen molar-refractivity contribution < 1.29 is 0 Å². The van der Waals surface area contributed by atoms with Gasteiger partial charge in [-0.3, -0.25) is 0 Å². The summed E-state index contributed by atoms with van der Waals surface area (Å²) in [5.41, 5.74) is 24.8. The Bertz CT molecular complexity index is 3780. The first-order valence-electron chi connectivity index (χ1n) is 26.3. The minimum Gasteiger partial charge on any atom is -0.375 e. The molecule has 12 rings (SSSR count). The highest BCUT2D eigenvalue weighted by molar-refractivity contribution is 6.93. The maximum absolute atomic E-state index is 2.83. The average Bonchev–Trinajstić information content (AvgIpc) is 3.89. The van der Waals surface area contributed by atoms with E-state index in [-0.39, 0.29) is 39.3 Å². The summed E-state index contributed by atoms with van der Waals surface area (Å²) >= 11 is 0. The lowest BCUT2D eigenvalue weighted by atomic mass is 9.43. The van der Waals surface area contributed by atoms with Gasteiger partial charge in [-0.05, 0) is 149 Å². The summed E-state index contributed by atoms with van der Waals surface area (Å²) in [7, 11) is 0. The number of hydrogen-bond donors (Lipinski definition) is 0. The Labute approximate surface area is 423 Å². The molecule has 0 saturated carbocycles. The van der Waals surface area contributed by atoms with E-state index in [9.17, 15) is 0 Å². The Balaban J connectivity index is 1.31. The highest BCUT2D eigenvalue weighted by atomic mass is 15.2. The van der Waals surface area contributed by atoms with Crippen molar-refractivity contribution in [2.45, 2.75) is 150 Å². The molecule has 0 N–H and O–H groups in total. The van der Waals surface area contributed by atoms with Crippen LogP contribution in [0.2, 0.25) is 0 Å². The SMILES string of the molecule is CC(C)(C)c1ccc(N2C3=C(B4c5c(cc(C(C)(C)C)cc52)-c2cc(C(C)(C)C)cc5c6c7c8cc(C(C)(C)C)ccc8n(-c8ccccc8)c7ccc6n4c25)c2cc(C(C)(C)C)ccc2C3(C)C)cc1. The van der Waals surface area contributed by atoms with Gasteiger partial charge in [-0.2, -0.15) is 0 Å². The zero-order valence-electron chi connectivity index (χ0n) is 45.5. The Kier molecular flexibility index (Phi) is 9.34. The first-order chi connectivity index (χ1) is 33.2. The second kappa shape index (κ2) is 14.5. The maximum atomic E-state index is 2.83. The number of benzene rings is 7. The summed E-state index contributed by atoms with van der Waals surface area (Å²) in [6, 6.07) is 50.6. The minimum atomic E-state index is -0.308. The average molecular weight is 930 g/mol. The predicted molar refractivity (Wildman–Crippen MR) is 308 cm³/mol. The van der Waals surface area contributed by atoms with Crippen LogP contribution >= 0.6 is 0 Å². The van der Waals surface area contributed by atoms with Gasteiger partial charge in [0.15, 0.2) is 0 Å². The van der Waals surface area contributed by atoms with Crippen LogP contribution in [-0.2, 0) is 32.5 Å². The Hall–Kier alpha value is -6.26. The molecule has 0 fully saturated rings. The number of nitrogens with zero attached hydrogens (tertiary/aromatic N) is 3. The number of para-hydroxylation sites is 1. The fraction of sp³-hybridized carbons (Fsp3) is 0.343. The Morgan fingerprint density at radius 2 is 0.930 bits per heavy atom. The molecule has 3 aliphatic rings. The second-order valence-corrected chi connectivity index (χ2v) is 27.2. The number of rotatable bonds is 2. The van der Waals surface area contributed by atoms with Gasteiger partial charge in [-0.15, -0.1) is 0 Å². The van der Waals surface area contributed by atoms with E-state index >= 15 is 0 Å².